The molecular formula is C13H26N2O2. The standard InChI is InChI=1S/C13H26N2O2/c1-9-5-4-6-12(10(9)2)15-13(16)11(14)7-8-17-3/h9-12H,4-8,14H2,1-3H3,(H,15,16). The molecule has 17 heavy (non-hydrogen) atoms. The molecule has 1 amide bonds. The molecule has 0 aromatic rings. The number of methoxy groups -OCH3 is 1. The molecule has 4 nitrogen and oxygen atoms in total. The second-order valence-corrected chi connectivity index (χ2v) is 5.27. The van der Waals surface area contributed by atoms with Crippen molar-refractivity contribution >= 4 is 5.91 Å². The zero-order chi connectivity index (χ0) is 12.8. The van der Waals surface area contributed by atoms with Crippen molar-refractivity contribution in [2.75, 3.05) is 13.7 Å². The van der Waals surface area contributed by atoms with Gasteiger partial charge in [-0.25, -0.2) is 0 Å². The molecule has 1 saturated carbocycles. The van der Waals surface area contributed by atoms with Crippen LogP contribution in [0.3, 0.4) is 0 Å². The van der Waals surface area contributed by atoms with Crippen molar-refractivity contribution in [3.8, 4) is 0 Å². The molecule has 0 heterocycles. The van der Waals surface area contributed by atoms with Gasteiger partial charge in [-0.15, -0.1) is 0 Å². The van der Waals surface area contributed by atoms with Crippen LogP contribution in [-0.4, -0.2) is 31.7 Å². The van der Waals surface area contributed by atoms with Gasteiger partial charge in [0.05, 0.1) is 6.04 Å². The summed E-state index contributed by atoms with van der Waals surface area (Å²) in [6.45, 7) is 5.01. The second-order valence-electron chi connectivity index (χ2n) is 5.27. The van der Waals surface area contributed by atoms with Gasteiger partial charge in [-0.05, 0) is 24.7 Å². The lowest BCUT2D eigenvalue weighted by Gasteiger charge is -2.35. The Morgan fingerprint density at radius 3 is 2.82 bits per heavy atom. The maximum Gasteiger partial charge on any atom is 0.237 e. The largest absolute Gasteiger partial charge is 0.385 e. The summed E-state index contributed by atoms with van der Waals surface area (Å²) < 4.78 is 4.93. The summed E-state index contributed by atoms with van der Waals surface area (Å²) in [5.74, 6) is 1.19. The number of rotatable bonds is 5. The quantitative estimate of drug-likeness (QED) is 0.763. The molecule has 1 aliphatic rings. The van der Waals surface area contributed by atoms with Gasteiger partial charge in [0, 0.05) is 19.8 Å². The molecule has 4 heteroatoms. The highest BCUT2D eigenvalue weighted by Gasteiger charge is 2.29. The van der Waals surface area contributed by atoms with Crippen molar-refractivity contribution in [2.45, 2.75) is 51.6 Å². The summed E-state index contributed by atoms with van der Waals surface area (Å²) in [5, 5.41) is 3.09. The third-order valence-corrected chi connectivity index (χ3v) is 4.00. The second kappa shape index (κ2) is 6.97. The van der Waals surface area contributed by atoms with E-state index < -0.39 is 6.04 Å². The molecule has 0 spiro atoms. The van der Waals surface area contributed by atoms with Gasteiger partial charge < -0.3 is 15.8 Å². The van der Waals surface area contributed by atoms with Crippen molar-refractivity contribution in [3.05, 3.63) is 0 Å². The summed E-state index contributed by atoms with van der Waals surface area (Å²) in [5.41, 5.74) is 5.81. The number of hydrogen-bond acceptors (Lipinski definition) is 3. The Morgan fingerprint density at radius 1 is 1.47 bits per heavy atom. The molecule has 0 aromatic carbocycles. The van der Waals surface area contributed by atoms with Crippen LogP contribution < -0.4 is 11.1 Å². The van der Waals surface area contributed by atoms with Crippen LogP contribution in [0.5, 0.6) is 0 Å². The van der Waals surface area contributed by atoms with Crippen LogP contribution >= 0.6 is 0 Å². The minimum absolute atomic E-state index is 0.0343. The molecule has 4 unspecified atom stereocenters. The average Bonchev–Trinajstić information content (AvgIpc) is 2.31. The minimum Gasteiger partial charge on any atom is -0.385 e. The van der Waals surface area contributed by atoms with Crippen LogP contribution in [-0.2, 0) is 9.53 Å². The summed E-state index contributed by atoms with van der Waals surface area (Å²) in [6.07, 6.45) is 4.13. The highest BCUT2D eigenvalue weighted by molar-refractivity contribution is 5.81. The number of carbonyl (C=O) groups is 1. The molecule has 1 fully saturated rings. The summed E-state index contributed by atoms with van der Waals surface area (Å²) >= 11 is 0. The number of amides is 1. The van der Waals surface area contributed by atoms with E-state index in [1.54, 1.807) is 7.11 Å². The zero-order valence-corrected chi connectivity index (χ0v) is 11.2. The molecule has 0 saturated heterocycles. The third-order valence-electron chi connectivity index (χ3n) is 4.00. The first-order valence-electron chi connectivity index (χ1n) is 6.61. The first kappa shape index (κ1) is 14.5. The van der Waals surface area contributed by atoms with E-state index in [0.29, 0.717) is 30.9 Å². The van der Waals surface area contributed by atoms with E-state index in [0.717, 1.165) is 6.42 Å². The first-order valence-corrected chi connectivity index (χ1v) is 6.61. The molecule has 100 valence electrons. The van der Waals surface area contributed by atoms with Gasteiger partial charge in [-0.3, -0.25) is 4.79 Å². The number of hydrogen-bond donors (Lipinski definition) is 2. The third kappa shape index (κ3) is 4.28. The Balaban J connectivity index is 2.39. The van der Waals surface area contributed by atoms with E-state index in [4.69, 9.17) is 10.5 Å². The molecule has 0 bridgehead atoms. The number of nitrogens with one attached hydrogen (secondary N) is 1. The minimum atomic E-state index is -0.445. The molecule has 0 aliphatic heterocycles. The fourth-order valence-corrected chi connectivity index (χ4v) is 2.45. The molecular weight excluding hydrogens is 216 g/mol. The predicted molar refractivity (Wildman–Crippen MR) is 68.6 cm³/mol. The van der Waals surface area contributed by atoms with E-state index in [1.807, 2.05) is 0 Å². The van der Waals surface area contributed by atoms with Crippen molar-refractivity contribution in [3.63, 3.8) is 0 Å². The fourth-order valence-electron chi connectivity index (χ4n) is 2.45. The van der Waals surface area contributed by atoms with Crippen LogP contribution in [0, 0.1) is 11.8 Å². The van der Waals surface area contributed by atoms with Crippen LogP contribution in [0.15, 0.2) is 0 Å². The molecule has 3 N–H and O–H groups in total. The topological polar surface area (TPSA) is 64.3 Å². The molecule has 4 atom stereocenters. The van der Waals surface area contributed by atoms with Crippen LogP contribution in [0.25, 0.3) is 0 Å². The first-order chi connectivity index (χ1) is 8.06. The Morgan fingerprint density at radius 2 is 2.18 bits per heavy atom. The summed E-state index contributed by atoms with van der Waals surface area (Å²) in [4.78, 5) is 11.9. The Kier molecular flexibility index (Phi) is 5.92. The van der Waals surface area contributed by atoms with Gasteiger partial charge in [0.25, 0.3) is 0 Å². The maximum atomic E-state index is 11.9. The number of carbonyl (C=O) groups excluding carboxylic acids is 1. The van der Waals surface area contributed by atoms with Gasteiger partial charge in [-0.2, -0.15) is 0 Å². The van der Waals surface area contributed by atoms with Gasteiger partial charge in [0.1, 0.15) is 0 Å². The van der Waals surface area contributed by atoms with Crippen LogP contribution in [0.1, 0.15) is 39.5 Å². The van der Waals surface area contributed by atoms with E-state index in [1.165, 1.54) is 12.8 Å². The Bertz CT molecular complexity index is 246. The van der Waals surface area contributed by atoms with E-state index >= 15 is 0 Å². The smallest absolute Gasteiger partial charge is 0.237 e. The maximum absolute atomic E-state index is 11.9. The number of ether oxygens (including phenoxy) is 1. The van der Waals surface area contributed by atoms with Crippen molar-refractivity contribution in [1.29, 1.82) is 0 Å². The lowest BCUT2D eigenvalue weighted by molar-refractivity contribution is -0.124. The van der Waals surface area contributed by atoms with Gasteiger partial charge in [0.15, 0.2) is 0 Å². The summed E-state index contributed by atoms with van der Waals surface area (Å²) in [6, 6.07) is -0.153. The van der Waals surface area contributed by atoms with Crippen molar-refractivity contribution in [2.24, 2.45) is 17.6 Å². The lowest BCUT2D eigenvalue weighted by atomic mass is 9.78. The molecule has 1 rings (SSSR count). The predicted octanol–water partition coefficient (Wildman–Crippen LogP) is 1.29. The SMILES string of the molecule is COCCC(N)C(=O)NC1CCCC(C)C1C. The van der Waals surface area contributed by atoms with E-state index in [9.17, 15) is 4.79 Å². The average molecular weight is 242 g/mol. The molecule has 0 radical (unpaired) electrons. The van der Waals surface area contributed by atoms with Gasteiger partial charge in [0.2, 0.25) is 5.91 Å². The summed E-state index contributed by atoms with van der Waals surface area (Å²) in [7, 11) is 1.62. The highest BCUT2D eigenvalue weighted by Crippen LogP contribution is 2.29. The zero-order valence-electron chi connectivity index (χ0n) is 11.2. The Labute approximate surface area is 104 Å². The van der Waals surface area contributed by atoms with Crippen LogP contribution in [0.2, 0.25) is 0 Å². The van der Waals surface area contributed by atoms with Crippen molar-refractivity contribution in [1.82, 2.24) is 5.32 Å². The van der Waals surface area contributed by atoms with Crippen LogP contribution in [0.4, 0.5) is 0 Å². The monoisotopic (exact) mass is 242 g/mol. The number of nitrogens with two attached hydrogens (primary N) is 1. The molecule has 1 aliphatic carbocycles. The Hall–Kier alpha value is -0.610. The normalized spacial score (nSPS) is 30.9. The fraction of sp³-hybridized carbons (Fsp3) is 0.923. The van der Waals surface area contributed by atoms with E-state index in [-0.39, 0.29) is 5.91 Å². The molecule has 0 aromatic heterocycles. The lowest BCUT2D eigenvalue weighted by Crippen LogP contribution is -2.50. The highest BCUT2D eigenvalue weighted by atomic mass is 16.5. The van der Waals surface area contributed by atoms with Gasteiger partial charge >= 0.3 is 0 Å². The van der Waals surface area contributed by atoms with E-state index in [2.05, 4.69) is 19.2 Å². The van der Waals surface area contributed by atoms with Gasteiger partial charge in [-0.1, -0.05) is 26.7 Å². The van der Waals surface area contributed by atoms with Crippen molar-refractivity contribution < 1.29 is 9.53 Å².